The SMILES string of the molecule is Nc1ncc(F)c(Br)c1C#CC1CC1. The summed E-state index contributed by atoms with van der Waals surface area (Å²) in [6, 6.07) is 0. The predicted molar refractivity (Wildman–Crippen MR) is 55.9 cm³/mol. The quantitative estimate of drug-likeness (QED) is 0.722. The van der Waals surface area contributed by atoms with Crippen molar-refractivity contribution in [1.82, 2.24) is 4.98 Å². The number of nitrogen functional groups attached to an aromatic ring is 1. The first kappa shape index (κ1) is 9.47. The van der Waals surface area contributed by atoms with Crippen LogP contribution in [0.25, 0.3) is 0 Å². The maximum atomic E-state index is 13.1. The molecule has 14 heavy (non-hydrogen) atoms. The number of hydrogen-bond acceptors (Lipinski definition) is 2. The first-order chi connectivity index (χ1) is 6.68. The van der Waals surface area contributed by atoms with Crippen molar-refractivity contribution in [2.24, 2.45) is 5.92 Å². The summed E-state index contributed by atoms with van der Waals surface area (Å²) in [5, 5.41) is 0. The highest BCUT2D eigenvalue weighted by molar-refractivity contribution is 9.10. The molecule has 1 aromatic heterocycles. The van der Waals surface area contributed by atoms with Gasteiger partial charge in [0.15, 0.2) is 5.82 Å². The van der Waals surface area contributed by atoms with E-state index in [2.05, 4.69) is 32.8 Å². The van der Waals surface area contributed by atoms with Crippen molar-refractivity contribution in [2.75, 3.05) is 5.73 Å². The Morgan fingerprint density at radius 2 is 2.29 bits per heavy atom. The summed E-state index contributed by atoms with van der Waals surface area (Å²) in [7, 11) is 0. The van der Waals surface area contributed by atoms with Gasteiger partial charge in [0.2, 0.25) is 0 Å². The fourth-order valence-electron chi connectivity index (χ4n) is 1.00. The van der Waals surface area contributed by atoms with Crippen molar-refractivity contribution in [3.8, 4) is 11.8 Å². The molecule has 0 amide bonds. The van der Waals surface area contributed by atoms with Crippen LogP contribution in [-0.2, 0) is 0 Å². The molecule has 1 fully saturated rings. The standard InChI is InChI=1S/C10H8BrFN2/c11-9-7(4-3-6-1-2-6)10(13)14-5-8(9)12/h5-6H,1-2H2,(H2,13,14). The molecular weight excluding hydrogens is 247 g/mol. The molecule has 1 aromatic rings. The normalized spacial score (nSPS) is 14.7. The second-order valence-corrected chi connectivity index (χ2v) is 4.02. The van der Waals surface area contributed by atoms with Gasteiger partial charge in [-0.3, -0.25) is 0 Å². The molecule has 0 aliphatic heterocycles. The van der Waals surface area contributed by atoms with Crippen LogP contribution >= 0.6 is 15.9 Å². The molecule has 2 nitrogen and oxygen atoms in total. The Morgan fingerprint density at radius 1 is 1.57 bits per heavy atom. The lowest BCUT2D eigenvalue weighted by Crippen LogP contribution is -1.97. The molecule has 1 saturated carbocycles. The number of nitrogens with two attached hydrogens (primary N) is 1. The number of pyridine rings is 1. The van der Waals surface area contributed by atoms with Crippen molar-refractivity contribution < 1.29 is 4.39 Å². The molecule has 0 saturated heterocycles. The van der Waals surface area contributed by atoms with Crippen LogP contribution in [0.2, 0.25) is 0 Å². The molecular formula is C10H8BrFN2. The first-order valence-electron chi connectivity index (χ1n) is 4.29. The number of aromatic nitrogens is 1. The van der Waals surface area contributed by atoms with Crippen LogP contribution < -0.4 is 5.73 Å². The van der Waals surface area contributed by atoms with E-state index in [1.165, 1.54) is 0 Å². The van der Waals surface area contributed by atoms with Gasteiger partial charge in [-0.15, -0.1) is 0 Å². The molecule has 1 heterocycles. The van der Waals surface area contributed by atoms with Crippen LogP contribution in [0, 0.1) is 23.6 Å². The molecule has 1 aliphatic rings. The van der Waals surface area contributed by atoms with Crippen LogP contribution in [0.5, 0.6) is 0 Å². The van der Waals surface area contributed by atoms with Gasteiger partial charge in [0.05, 0.1) is 16.2 Å². The van der Waals surface area contributed by atoms with Gasteiger partial charge >= 0.3 is 0 Å². The van der Waals surface area contributed by atoms with E-state index in [0.29, 0.717) is 16.0 Å². The second kappa shape index (κ2) is 3.58. The van der Waals surface area contributed by atoms with Crippen LogP contribution in [0.4, 0.5) is 10.2 Å². The van der Waals surface area contributed by atoms with E-state index in [1.54, 1.807) is 0 Å². The van der Waals surface area contributed by atoms with Crippen LogP contribution in [0.3, 0.4) is 0 Å². The lowest BCUT2D eigenvalue weighted by molar-refractivity contribution is 0.614. The highest BCUT2D eigenvalue weighted by Crippen LogP contribution is 2.29. The van der Waals surface area contributed by atoms with Crippen molar-refractivity contribution in [1.29, 1.82) is 0 Å². The average Bonchev–Trinajstić information content (AvgIpc) is 2.95. The Balaban J connectivity index is 2.40. The van der Waals surface area contributed by atoms with Gasteiger partial charge < -0.3 is 5.73 Å². The second-order valence-electron chi connectivity index (χ2n) is 3.22. The topological polar surface area (TPSA) is 38.9 Å². The minimum absolute atomic E-state index is 0.270. The van der Waals surface area contributed by atoms with E-state index >= 15 is 0 Å². The highest BCUT2D eigenvalue weighted by atomic mass is 79.9. The molecule has 0 unspecified atom stereocenters. The lowest BCUT2D eigenvalue weighted by atomic mass is 10.2. The molecule has 2 rings (SSSR count). The van der Waals surface area contributed by atoms with Crippen molar-refractivity contribution in [3.05, 3.63) is 22.1 Å². The van der Waals surface area contributed by atoms with E-state index < -0.39 is 5.82 Å². The first-order valence-corrected chi connectivity index (χ1v) is 5.09. The third-order valence-corrected chi connectivity index (χ3v) is 2.76. The van der Waals surface area contributed by atoms with Crippen LogP contribution in [-0.4, -0.2) is 4.98 Å². The van der Waals surface area contributed by atoms with Crippen molar-refractivity contribution in [3.63, 3.8) is 0 Å². The maximum absolute atomic E-state index is 13.1. The summed E-state index contributed by atoms with van der Waals surface area (Å²) in [5.74, 6) is 6.18. The Kier molecular flexibility index (Phi) is 2.42. The minimum atomic E-state index is -0.431. The van der Waals surface area contributed by atoms with E-state index in [9.17, 15) is 4.39 Å². The fourth-order valence-corrected chi connectivity index (χ4v) is 1.40. The molecule has 2 N–H and O–H groups in total. The zero-order chi connectivity index (χ0) is 10.1. The number of halogens is 2. The van der Waals surface area contributed by atoms with Gasteiger partial charge in [-0.2, -0.15) is 0 Å². The smallest absolute Gasteiger partial charge is 0.157 e. The molecule has 0 aromatic carbocycles. The van der Waals surface area contributed by atoms with Crippen LogP contribution in [0.1, 0.15) is 18.4 Å². The molecule has 72 valence electrons. The minimum Gasteiger partial charge on any atom is -0.383 e. The third-order valence-electron chi connectivity index (χ3n) is 1.98. The Hall–Kier alpha value is -1.08. The third kappa shape index (κ3) is 1.88. The van der Waals surface area contributed by atoms with Gasteiger partial charge in [0.25, 0.3) is 0 Å². The van der Waals surface area contributed by atoms with Crippen molar-refractivity contribution >= 4 is 21.7 Å². The Bertz CT molecular complexity index is 430. The fraction of sp³-hybridized carbons (Fsp3) is 0.300. The zero-order valence-corrected chi connectivity index (χ0v) is 8.94. The average molecular weight is 255 g/mol. The van der Waals surface area contributed by atoms with Gasteiger partial charge in [0, 0.05) is 5.92 Å². The van der Waals surface area contributed by atoms with Gasteiger partial charge in [-0.05, 0) is 28.8 Å². The monoisotopic (exact) mass is 254 g/mol. The van der Waals surface area contributed by atoms with E-state index in [1.807, 2.05) is 0 Å². The summed E-state index contributed by atoms with van der Waals surface area (Å²) in [5.41, 5.74) is 6.04. The van der Waals surface area contributed by atoms with Gasteiger partial charge in [-0.1, -0.05) is 11.8 Å². The zero-order valence-electron chi connectivity index (χ0n) is 7.35. The number of rotatable bonds is 0. The van der Waals surface area contributed by atoms with E-state index in [-0.39, 0.29) is 5.82 Å². The summed E-state index contributed by atoms with van der Waals surface area (Å²) in [6.45, 7) is 0. The molecule has 0 radical (unpaired) electrons. The van der Waals surface area contributed by atoms with Gasteiger partial charge in [-0.25, -0.2) is 9.37 Å². The molecule has 1 aliphatic carbocycles. The Labute approximate surface area is 89.8 Å². The van der Waals surface area contributed by atoms with E-state index in [0.717, 1.165) is 19.0 Å². The summed E-state index contributed by atoms with van der Waals surface area (Å²) in [4.78, 5) is 3.71. The van der Waals surface area contributed by atoms with Gasteiger partial charge in [0.1, 0.15) is 5.82 Å². The van der Waals surface area contributed by atoms with Crippen LogP contribution in [0.15, 0.2) is 10.7 Å². The highest BCUT2D eigenvalue weighted by Gasteiger charge is 2.18. The molecule has 0 atom stereocenters. The predicted octanol–water partition coefficient (Wildman–Crippen LogP) is 2.33. The summed E-state index contributed by atoms with van der Waals surface area (Å²) >= 11 is 3.10. The summed E-state index contributed by atoms with van der Waals surface area (Å²) < 4.78 is 13.4. The molecule has 0 spiro atoms. The Morgan fingerprint density at radius 3 is 2.93 bits per heavy atom. The number of nitrogens with zero attached hydrogens (tertiary/aromatic N) is 1. The maximum Gasteiger partial charge on any atom is 0.157 e. The lowest BCUT2D eigenvalue weighted by Gasteiger charge is -2.00. The largest absolute Gasteiger partial charge is 0.383 e. The number of anilines is 1. The molecule has 4 heteroatoms. The van der Waals surface area contributed by atoms with Crippen molar-refractivity contribution in [2.45, 2.75) is 12.8 Å². The summed E-state index contributed by atoms with van der Waals surface area (Å²) in [6.07, 6.45) is 3.35. The number of hydrogen-bond donors (Lipinski definition) is 1. The molecule has 0 bridgehead atoms. The van der Waals surface area contributed by atoms with E-state index in [4.69, 9.17) is 5.73 Å².